The van der Waals surface area contributed by atoms with E-state index in [1.165, 1.54) is 6.39 Å². The van der Waals surface area contributed by atoms with E-state index in [9.17, 15) is 4.79 Å². The standard InChI is InChI=1S/C24H27N3O4/c1-27(2)9-10-29-22-13-19(23-14-25-16-31-23)7-8-20(22)26-24(28)12-17-11-18-5-3-4-6-21(18)30-15-17/h3-8,13-14,16-17H,9-12,15H2,1-2H3,(H,26,28). The number of nitrogens with zero attached hydrogens (tertiary/aromatic N) is 2. The molecule has 0 fully saturated rings. The number of rotatable bonds is 8. The monoisotopic (exact) mass is 421 g/mol. The highest BCUT2D eigenvalue weighted by molar-refractivity contribution is 5.93. The van der Waals surface area contributed by atoms with Gasteiger partial charge < -0.3 is 24.1 Å². The number of anilines is 1. The van der Waals surface area contributed by atoms with Crippen LogP contribution in [0, 0.1) is 5.92 Å². The molecule has 0 bridgehead atoms. The first-order chi connectivity index (χ1) is 15.1. The van der Waals surface area contributed by atoms with Crippen molar-refractivity contribution in [3.63, 3.8) is 0 Å². The molecule has 0 aliphatic carbocycles. The van der Waals surface area contributed by atoms with Gasteiger partial charge in [-0.05, 0) is 50.3 Å². The number of ether oxygens (including phenoxy) is 2. The lowest BCUT2D eigenvalue weighted by Crippen LogP contribution is -2.26. The molecule has 3 aromatic rings. The van der Waals surface area contributed by atoms with Crippen molar-refractivity contribution in [1.82, 2.24) is 9.88 Å². The maximum absolute atomic E-state index is 12.8. The molecule has 1 amide bonds. The fourth-order valence-electron chi connectivity index (χ4n) is 3.58. The van der Waals surface area contributed by atoms with Crippen LogP contribution in [-0.4, -0.2) is 49.6 Å². The molecule has 0 radical (unpaired) electrons. The van der Waals surface area contributed by atoms with E-state index in [1.54, 1.807) is 6.20 Å². The van der Waals surface area contributed by atoms with Crippen molar-refractivity contribution in [2.24, 2.45) is 5.92 Å². The van der Waals surface area contributed by atoms with Crippen molar-refractivity contribution in [3.8, 4) is 22.8 Å². The van der Waals surface area contributed by atoms with Gasteiger partial charge in [0.25, 0.3) is 0 Å². The van der Waals surface area contributed by atoms with E-state index in [0.29, 0.717) is 36.8 Å². The third-order valence-corrected chi connectivity index (χ3v) is 5.20. The summed E-state index contributed by atoms with van der Waals surface area (Å²) in [6, 6.07) is 13.6. The summed E-state index contributed by atoms with van der Waals surface area (Å²) in [5, 5.41) is 3.01. The highest BCUT2D eigenvalue weighted by Crippen LogP contribution is 2.32. The molecule has 1 aromatic heterocycles. The average Bonchev–Trinajstić information content (AvgIpc) is 3.29. The first-order valence-electron chi connectivity index (χ1n) is 10.4. The van der Waals surface area contributed by atoms with Crippen molar-refractivity contribution in [2.75, 3.05) is 39.2 Å². The lowest BCUT2D eigenvalue weighted by molar-refractivity contribution is -0.117. The van der Waals surface area contributed by atoms with E-state index >= 15 is 0 Å². The van der Waals surface area contributed by atoms with Gasteiger partial charge in [-0.3, -0.25) is 4.79 Å². The number of hydrogen-bond acceptors (Lipinski definition) is 6. The summed E-state index contributed by atoms with van der Waals surface area (Å²) >= 11 is 0. The SMILES string of the molecule is CN(C)CCOc1cc(-c2cnco2)ccc1NC(=O)CC1COc2ccccc2C1. The van der Waals surface area contributed by atoms with Gasteiger partial charge in [-0.2, -0.15) is 0 Å². The van der Waals surface area contributed by atoms with Crippen molar-refractivity contribution in [2.45, 2.75) is 12.8 Å². The zero-order valence-electron chi connectivity index (χ0n) is 17.8. The summed E-state index contributed by atoms with van der Waals surface area (Å²) < 4.78 is 17.2. The summed E-state index contributed by atoms with van der Waals surface area (Å²) in [6.07, 6.45) is 4.26. The van der Waals surface area contributed by atoms with Crippen LogP contribution >= 0.6 is 0 Å². The van der Waals surface area contributed by atoms with Crippen LogP contribution < -0.4 is 14.8 Å². The molecular formula is C24H27N3O4. The number of carbonyl (C=O) groups excluding carboxylic acids is 1. The lowest BCUT2D eigenvalue weighted by Gasteiger charge is -2.25. The van der Waals surface area contributed by atoms with Crippen LogP contribution in [0.3, 0.4) is 0 Å². The number of benzene rings is 2. The number of nitrogens with one attached hydrogen (secondary N) is 1. The Kier molecular flexibility index (Phi) is 6.52. The predicted octanol–water partition coefficient (Wildman–Crippen LogP) is 3.86. The second-order valence-corrected chi connectivity index (χ2v) is 7.97. The molecule has 2 aromatic carbocycles. The van der Waals surface area contributed by atoms with E-state index < -0.39 is 0 Å². The topological polar surface area (TPSA) is 76.8 Å². The smallest absolute Gasteiger partial charge is 0.224 e. The molecule has 1 N–H and O–H groups in total. The van der Waals surface area contributed by atoms with Crippen molar-refractivity contribution in [1.29, 1.82) is 0 Å². The van der Waals surface area contributed by atoms with Gasteiger partial charge in [-0.15, -0.1) is 0 Å². The molecule has 1 aliphatic rings. The fraction of sp³-hybridized carbons (Fsp3) is 0.333. The molecule has 31 heavy (non-hydrogen) atoms. The maximum Gasteiger partial charge on any atom is 0.224 e. The number of para-hydroxylation sites is 1. The third kappa shape index (κ3) is 5.44. The number of amides is 1. The molecule has 0 spiro atoms. The van der Waals surface area contributed by atoms with Gasteiger partial charge in [0.2, 0.25) is 5.91 Å². The summed E-state index contributed by atoms with van der Waals surface area (Å²) in [5.74, 6) is 2.25. The van der Waals surface area contributed by atoms with Crippen molar-refractivity contribution in [3.05, 3.63) is 60.6 Å². The van der Waals surface area contributed by atoms with Crippen LogP contribution in [0.15, 0.2) is 59.5 Å². The van der Waals surface area contributed by atoms with E-state index in [1.807, 2.05) is 55.4 Å². The fourth-order valence-corrected chi connectivity index (χ4v) is 3.58. The first kappa shape index (κ1) is 20.9. The average molecular weight is 421 g/mol. The first-order valence-corrected chi connectivity index (χ1v) is 10.4. The van der Waals surface area contributed by atoms with E-state index in [-0.39, 0.29) is 11.8 Å². The van der Waals surface area contributed by atoms with Crippen LogP contribution in [-0.2, 0) is 11.2 Å². The number of likely N-dealkylation sites (N-methyl/N-ethyl adjacent to an activating group) is 1. The second-order valence-electron chi connectivity index (χ2n) is 7.97. The molecule has 1 atom stereocenters. The molecular weight excluding hydrogens is 394 g/mol. The van der Waals surface area contributed by atoms with Crippen LogP contribution in [0.25, 0.3) is 11.3 Å². The zero-order chi connectivity index (χ0) is 21.6. The zero-order valence-corrected chi connectivity index (χ0v) is 17.8. The number of fused-ring (bicyclic) bond motifs is 1. The Morgan fingerprint density at radius 1 is 1.26 bits per heavy atom. The maximum atomic E-state index is 12.8. The molecule has 2 heterocycles. The molecule has 4 rings (SSSR count). The Bertz CT molecular complexity index is 1020. The Morgan fingerprint density at radius 3 is 2.94 bits per heavy atom. The van der Waals surface area contributed by atoms with Gasteiger partial charge >= 0.3 is 0 Å². The molecule has 1 aliphatic heterocycles. The van der Waals surface area contributed by atoms with Crippen LogP contribution in [0.5, 0.6) is 11.5 Å². The summed E-state index contributed by atoms with van der Waals surface area (Å²) in [7, 11) is 3.97. The van der Waals surface area contributed by atoms with Gasteiger partial charge in [0.1, 0.15) is 18.1 Å². The minimum absolute atomic E-state index is 0.0575. The van der Waals surface area contributed by atoms with Gasteiger partial charge in [-0.1, -0.05) is 18.2 Å². The second kappa shape index (κ2) is 9.66. The normalized spacial score (nSPS) is 15.3. The van der Waals surface area contributed by atoms with E-state index in [4.69, 9.17) is 13.9 Å². The van der Waals surface area contributed by atoms with Crippen LogP contribution in [0.4, 0.5) is 5.69 Å². The predicted molar refractivity (Wildman–Crippen MR) is 118 cm³/mol. The number of aromatic nitrogens is 1. The van der Waals surface area contributed by atoms with Gasteiger partial charge in [0.05, 0.1) is 18.5 Å². The Morgan fingerprint density at radius 2 is 2.13 bits per heavy atom. The molecule has 162 valence electrons. The number of oxazole rings is 1. The quantitative estimate of drug-likeness (QED) is 0.595. The van der Waals surface area contributed by atoms with Crippen LogP contribution in [0.1, 0.15) is 12.0 Å². The van der Waals surface area contributed by atoms with Crippen molar-refractivity contribution >= 4 is 11.6 Å². The molecule has 0 saturated heterocycles. The number of hydrogen-bond donors (Lipinski definition) is 1. The Labute approximate surface area is 182 Å². The van der Waals surface area contributed by atoms with Gasteiger partial charge in [0, 0.05) is 24.4 Å². The minimum atomic E-state index is -0.0575. The summed E-state index contributed by atoms with van der Waals surface area (Å²) in [6.45, 7) is 1.81. The molecule has 7 nitrogen and oxygen atoms in total. The minimum Gasteiger partial charge on any atom is -0.493 e. The third-order valence-electron chi connectivity index (χ3n) is 5.20. The van der Waals surface area contributed by atoms with Gasteiger partial charge in [-0.25, -0.2) is 4.98 Å². The van der Waals surface area contributed by atoms with E-state index in [2.05, 4.69) is 16.4 Å². The van der Waals surface area contributed by atoms with Crippen LogP contribution in [0.2, 0.25) is 0 Å². The molecule has 1 unspecified atom stereocenters. The van der Waals surface area contributed by atoms with Gasteiger partial charge in [0.15, 0.2) is 12.2 Å². The highest BCUT2D eigenvalue weighted by atomic mass is 16.5. The Hall–Kier alpha value is -3.32. The molecule has 7 heteroatoms. The van der Waals surface area contributed by atoms with Crippen molar-refractivity contribution < 1.29 is 18.7 Å². The highest BCUT2D eigenvalue weighted by Gasteiger charge is 2.22. The number of carbonyl (C=O) groups is 1. The summed E-state index contributed by atoms with van der Waals surface area (Å²) in [4.78, 5) is 18.8. The molecule has 0 saturated carbocycles. The van der Waals surface area contributed by atoms with E-state index in [0.717, 1.165) is 29.8 Å². The summed E-state index contributed by atoms with van der Waals surface area (Å²) in [5.41, 5.74) is 2.63. The Balaban J connectivity index is 1.44. The lowest BCUT2D eigenvalue weighted by atomic mass is 9.94. The largest absolute Gasteiger partial charge is 0.493 e.